The number of nitro benzene ring substituents is 1. The summed E-state index contributed by atoms with van der Waals surface area (Å²) in [6.07, 6.45) is 0.764. The number of aromatic nitrogens is 1. The van der Waals surface area contributed by atoms with E-state index in [2.05, 4.69) is 4.90 Å². The minimum Gasteiger partial charge on any atom is -0.492 e. The van der Waals surface area contributed by atoms with Gasteiger partial charge in [0.2, 0.25) is 0 Å². The zero-order chi connectivity index (χ0) is 21.7. The zero-order valence-electron chi connectivity index (χ0n) is 17.2. The van der Waals surface area contributed by atoms with Gasteiger partial charge in [-0.05, 0) is 58.3 Å². The zero-order valence-corrected chi connectivity index (χ0v) is 18.0. The molecule has 0 spiro atoms. The maximum atomic E-state index is 13.3. The number of nitro groups is 1. The molecular formula is C21H24N4O4S. The highest BCUT2D eigenvalue weighted by Crippen LogP contribution is 2.35. The summed E-state index contributed by atoms with van der Waals surface area (Å²) in [5, 5.41) is 11.5. The number of amides is 1. The van der Waals surface area contributed by atoms with Crippen molar-refractivity contribution in [2.75, 3.05) is 38.7 Å². The number of hydrogen-bond acceptors (Lipinski definition) is 7. The Balaban J connectivity index is 1.95. The Morgan fingerprint density at radius 1 is 1.17 bits per heavy atom. The van der Waals surface area contributed by atoms with Crippen molar-refractivity contribution in [3.05, 3.63) is 58.1 Å². The van der Waals surface area contributed by atoms with Crippen LogP contribution in [0.4, 0.5) is 10.8 Å². The van der Waals surface area contributed by atoms with Crippen LogP contribution in [0.25, 0.3) is 10.2 Å². The lowest BCUT2D eigenvalue weighted by atomic mass is 10.2. The van der Waals surface area contributed by atoms with Crippen LogP contribution >= 0.6 is 11.3 Å². The summed E-state index contributed by atoms with van der Waals surface area (Å²) < 4.78 is 6.61. The number of para-hydroxylation sites is 1. The molecule has 2 aromatic carbocycles. The topological polar surface area (TPSA) is 88.8 Å². The van der Waals surface area contributed by atoms with Crippen LogP contribution in [0, 0.1) is 10.1 Å². The molecule has 0 radical (unpaired) electrons. The molecule has 0 aliphatic rings. The van der Waals surface area contributed by atoms with Crippen LogP contribution in [0.3, 0.4) is 0 Å². The lowest BCUT2D eigenvalue weighted by Crippen LogP contribution is -2.33. The van der Waals surface area contributed by atoms with Crippen molar-refractivity contribution in [1.29, 1.82) is 0 Å². The van der Waals surface area contributed by atoms with Crippen LogP contribution in [-0.4, -0.2) is 54.5 Å². The number of rotatable bonds is 9. The van der Waals surface area contributed by atoms with E-state index in [0.29, 0.717) is 29.6 Å². The first-order valence-electron chi connectivity index (χ1n) is 9.64. The molecule has 0 aliphatic carbocycles. The van der Waals surface area contributed by atoms with Gasteiger partial charge in [-0.15, -0.1) is 0 Å². The molecular weight excluding hydrogens is 404 g/mol. The Bertz CT molecular complexity index is 1030. The van der Waals surface area contributed by atoms with E-state index in [-0.39, 0.29) is 11.6 Å². The van der Waals surface area contributed by atoms with Crippen molar-refractivity contribution in [2.24, 2.45) is 0 Å². The second-order valence-electron chi connectivity index (χ2n) is 6.95. The van der Waals surface area contributed by atoms with Gasteiger partial charge in [0.15, 0.2) is 5.13 Å². The number of carbonyl (C=O) groups is 1. The van der Waals surface area contributed by atoms with Crippen LogP contribution in [0.1, 0.15) is 23.7 Å². The third kappa shape index (κ3) is 4.92. The molecule has 0 aliphatic heterocycles. The van der Waals surface area contributed by atoms with Gasteiger partial charge in [-0.2, -0.15) is 0 Å². The first-order chi connectivity index (χ1) is 14.4. The molecule has 0 N–H and O–H groups in total. The Kier molecular flexibility index (Phi) is 6.96. The van der Waals surface area contributed by atoms with Gasteiger partial charge in [0.25, 0.3) is 11.6 Å². The van der Waals surface area contributed by atoms with Gasteiger partial charge in [0.1, 0.15) is 11.3 Å². The Labute approximate surface area is 178 Å². The standard InChI is InChI=1S/C21H24N4O4S/c1-4-29-17-7-5-8-18-19(17)22-21(30-18)24(14-6-13-23(2)3)20(26)15-9-11-16(12-10-15)25(27)28/h5,7-12H,4,6,13-14H2,1-3H3. The predicted molar refractivity (Wildman–Crippen MR) is 119 cm³/mol. The first kappa shape index (κ1) is 21.7. The summed E-state index contributed by atoms with van der Waals surface area (Å²) in [5.41, 5.74) is 1.07. The SMILES string of the molecule is CCOc1cccc2sc(N(CCCN(C)C)C(=O)c3ccc([N+](=O)[O-])cc3)nc12. The van der Waals surface area contributed by atoms with Crippen molar-refractivity contribution in [3.8, 4) is 5.75 Å². The summed E-state index contributed by atoms with van der Waals surface area (Å²) in [4.78, 5) is 32.1. The summed E-state index contributed by atoms with van der Waals surface area (Å²) in [5.74, 6) is 0.453. The van der Waals surface area contributed by atoms with Crippen LogP contribution in [-0.2, 0) is 0 Å². The molecule has 3 aromatic rings. The van der Waals surface area contributed by atoms with Crippen LogP contribution in [0.15, 0.2) is 42.5 Å². The molecule has 3 rings (SSSR count). The Morgan fingerprint density at radius 3 is 2.53 bits per heavy atom. The van der Waals surface area contributed by atoms with E-state index >= 15 is 0 Å². The normalized spacial score (nSPS) is 11.1. The molecule has 158 valence electrons. The van der Waals surface area contributed by atoms with Crippen molar-refractivity contribution in [2.45, 2.75) is 13.3 Å². The van der Waals surface area contributed by atoms with Gasteiger partial charge in [-0.1, -0.05) is 17.4 Å². The maximum Gasteiger partial charge on any atom is 0.269 e. The Morgan fingerprint density at radius 2 is 1.90 bits per heavy atom. The summed E-state index contributed by atoms with van der Waals surface area (Å²) in [6.45, 7) is 3.74. The molecule has 9 heteroatoms. The van der Waals surface area contributed by atoms with E-state index in [9.17, 15) is 14.9 Å². The number of benzene rings is 2. The second-order valence-corrected chi connectivity index (χ2v) is 7.96. The lowest BCUT2D eigenvalue weighted by Gasteiger charge is -2.21. The molecule has 30 heavy (non-hydrogen) atoms. The third-order valence-corrected chi connectivity index (χ3v) is 5.50. The smallest absolute Gasteiger partial charge is 0.269 e. The van der Waals surface area contributed by atoms with E-state index in [1.807, 2.05) is 39.2 Å². The van der Waals surface area contributed by atoms with Gasteiger partial charge in [0.05, 0.1) is 16.2 Å². The predicted octanol–water partition coefficient (Wildman–Crippen LogP) is 4.20. The van der Waals surface area contributed by atoms with Crippen molar-refractivity contribution >= 4 is 38.3 Å². The summed E-state index contributed by atoms with van der Waals surface area (Å²) in [6, 6.07) is 11.4. The first-order valence-corrected chi connectivity index (χ1v) is 10.5. The van der Waals surface area contributed by atoms with E-state index < -0.39 is 4.92 Å². The molecule has 1 aromatic heterocycles. The molecule has 8 nitrogen and oxygen atoms in total. The highest BCUT2D eigenvalue weighted by molar-refractivity contribution is 7.22. The molecule has 1 amide bonds. The number of nitrogens with zero attached hydrogens (tertiary/aromatic N) is 4. The van der Waals surface area contributed by atoms with Gasteiger partial charge < -0.3 is 9.64 Å². The number of thiazole rings is 1. The second kappa shape index (κ2) is 9.64. The average Bonchev–Trinajstić information content (AvgIpc) is 3.16. The van der Waals surface area contributed by atoms with Crippen LogP contribution in [0.5, 0.6) is 5.75 Å². The number of hydrogen-bond donors (Lipinski definition) is 0. The molecule has 0 atom stereocenters. The Hall–Kier alpha value is -3.04. The fraction of sp³-hybridized carbons (Fsp3) is 0.333. The molecule has 0 saturated heterocycles. The summed E-state index contributed by atoms with van der Waals surface area (Å²) in [7, 11) is 3.96. The number of fused-ring (bicyclic) bond motifs is 1. The minimum atomic E-state index is -0.480. The highest BCUT2D eigenvalue weighted by Gasteiger charge is 2.22. The lowest BCUT2D eigenvalue weighted by molar-refractivity contribution is -0.384. The number of ether oxygens (including phenoxy) is 1. The van der Waals surface area contributed by atoms with Gasteiger partial charge in [-0.3, -0.25) is 19.8 Å². The fourth-order valence-corrected chi connectivity index (χ4v) is 4.02. The molecule has 0 saturated carbocycles. The average molecular weight is 429 g/mol. The van der Waals surface area contributed by atoms with E-state index in [1.165, 1.54) is 35.6 Å². The fourth-order valence-electron chi connectivity index (χ4n) is 3.01. The third-order valence-electron chi connectivity index (χ3n) is 4.46. The number of non-ortho nitro benzene ring substituents is 1. The van der Waals surface area contributed by atoms with Crippen LogP contribution < -0.4 is 9.64 Å². The van der Waals surface area contributed by atoms with Crippen LogP contribution in [0.2, 0.25) is 0 Å². The largest absolute Gasteiger partial charge is 0.492 e. The molecule has 0 unspecified atom stereocenters. The summed E-state index contributed by atoms with van der Waals surface area (Å²) >= 11 is 1.43. The van der Waals surface area contributed by atoms with Crippen molar-refractivity contribution < 1.29 is 14.5 Å². The molecule has 0 fully saturated rings. The quantitative estimate of drug-likeness (QED) is 0.375. The van der Waals surface area contributed by atoms with E-state index in [0.717, 1.165) is 23.2 Å². The number of anilines is 1. The van der Waals surface area contributed by atoms with Gasteiger partial charge >= 0.3 is 0 Å². The van der Waals surface area contributed by atoms with Crippen molar-refractivity contribution in [3.63, 3.8) is 0 Å². The highest BCUT2D eigenvalue weighted by atomic mass is 32.1. The maximum absolute atomic E-state index is 13.3. The van der Waals surface area contributed by atoms with Gasteiger partial charge in [0, 0.05) is 24.2 Å². The van der Waals surface area contributed by atoms with Crippen molar-refractivity contribution in [1.82, 2.24) is 9.88 Å². The van der Waals surface area contributed by atoms with E-state index in [1.54, 1.807) is 4.90 Å². The van der Waals surface area contributed by atoms with Gasteiger partial charge in [-0.25, -0.2) is 4.98 Å². The molecule has 1 heterocycles. The van der Waals surface area contributed by atoms with E-state index in [4.69, 9.17) is 9.72 Å². The monoisotopic (exact) mass is 428 g/mol. The number of carbonyl (C=O) groups excluding carboxylic acids is 1. The molecule has 0 bridgehead atoms. The minimum absolute atomic E-state index is 0.0490.